The largest absolute Gasteiger partial charge is 0.336 e. The minimum Gasteiger partial charge on any atom is -0.336 e. The standard InChI is InChI=1S/C20H27F2N5O/c1-14-3-2-8-26(19(28)24-14)12-16-10-18-25-17(13-27(18)23-11-16)9-15-4-6-20(21,22)7-5-15/h10-11,13-15H,2-9,12H2,1H3,(H,24,28)/t14-/m0/s1. The molecule has 0 radical (unpaired) electrons. The third kappa shape index (κ3) is 4.42. The van der Waals surface area contributed by atoms with E-state index in [1.54, 1.807) is 10.7 Å². The van der Waals surface area contributed by atoms with Crippen LogP contribution in [0.1, 0.15) is 56.7 Å². The van der Waals surface area contributed by atoms with E-state index in [1.165, 1.54) is 0 Å². The molecule has 1 saturated carbocycles. The number of imidazole rings is 1. The van der Waals surface area contributed by atoms with Crippen LogP contribution in [0.3, 0.4) is 0 Å². The zero-order valence-corrected chi connectivity index (χ0v) is 16.2. The van der Waals surface area contributed by atoms with Gasteiger partial charge in [0.25, 0.3) is 0 Å². The molecule has 1 saturated heterocycles. The number of halogens is 2. The number of nitrogens with one attached hydrogen (secondary N) is 1. The van der Waals surface area contributed by atoms with E-state index in [4.69, 9.17) is 0 Å². The van der Waals surface area contributed by atoms with E-state index in [9.17, 15) is 13.6 Å². The van der Waals surface area contributed by atoms with Crippen molar-refractivity contribution in [3.63, 3.8) is 0 Å². The molecule has 1 aliphatic carbocycles. The summed E-state index contributed by atoms with van der Waals surface area (Å²) in [5.74, 6) is -2.24. The molecule has 1 aliphatic heterocycles. The van der Waals surface area contributed by atoms with Crippen LogP contribution >= 0.6 is 0 Å². The van der Waals surface area contributed by atoms with Crippen molar-refractivity contribution in [1.82, 2.24) is 24.8 Å². The summed E-state index contributed by atoms with van der Waals surface area (Å²) in [5, 5.41) is 7.42. The monoisotopic (exact) mass is 391 g/mol. The second kappa shape index (κ2) is 7.64. The molecule has 3 heterocycles. The molecule has 2 fully saturated rings. The Hall–Kier alpha value is -2.25. The first-order valence-electron chi connectivity index (χ1n) is 10.1. The highest BCUT2D eigenvalue weighted by Crippen LogP contribution is 2.37. The lowest BCUT2D eigenvalue weighted by atomic mass is 9.84. The number of amides is 2. The van der Waals surface area contributed by atoms with Crippen molar-refractivity contribution in [2.24, 2.45) is 5.92 Å². The first-order valence-corrected chi connectivity index (χ1v) is 10.1. The molecule has 4 rings (SSSR count). The van der Waals surface area contributed by atoms with Crippen molar-refractivity contribution >= 4 is 11.7 Å². The Bertz CT molecular complexity index is 842. The van der Waals surface area contributed by atoms with Gasteiger partial charge in [-0.1, -0.05) is 0 Å². The quantitative estimate of drug-likeness (QED) is 0.863. The van der Waals surface area contributed by atoms with Gasteiger partial charge in [-0.2, -0.15) is 5.10 Å². The van der Waals surface area contributed by atoms with Gasteiger partial charge in [0, 0.05) is 32.0 Å². The maximum Gasteiger partial charge on any atom is 0.317 e. The highest BCUT2D eigenvalue weighted by Gasteiger charge is 2.35. The summed E-state index contributed by atoms with van der Waals surface area (Å²) in [6, 6.07) is 2.11. The lowest BCUT2D eigenvalue weighted by Crippen LogP contribution is -2.40. The third-order valence-corrected chi connectivity index (χ3v) is 5.86. The van der Waals surface area contributed by atoms with Gasteiger partial charge in [0.2, 0.25) is 5.92 Å². The minimum atomic E-state index is -2.50. The fraction of sp³-hybridized carbons (Fsp3) is 0.650. The molecular weight excluding hydrogens is 364 g/mol. The van der Waals surface area contributed by atoms with Crippen molar-refractivity contribution in [3.8, 4) is 0 Å². The van der Waals surface area contributed by atoms with Gasteiger partial charge in [0.1, 0.15) is 0 Å². The highest BCUT2D eigenvalue weighted by molar-refractivity contribution is 5.74. The summed E-state index contributed by atoms with van der Waals surface area (Å²) in [6.07, 6.45) is 7.35. The first kappa shape index (κ1) is 19.1. The van der Waals surface area contributed by atoms with E-state index in [0.29, 0.717) is 25.8 Å². The van der Waals surface area contributed by atoms with Crippen molar-refractivity contribution < 1.29 is 13.6 Å². The van der Waals surface area contributed by atoms with E-state index in [2.05, 4.69) is 15.4 Å². The van der Waals surface area contributed by atoms with E-state index in [-0.39, 0.29) is 30.8 Å². The average molecular weight is 391 g/mol. The number of nitrogens with zero attached hydrogens (tertiary/aromatic N) is 4. The number of aromatic nitrogens is 3. The van der Waals surface area contributed by atoms with Crippen LogP contribution in [0, 0.1) is 5.92 Å². The Morgan fingerprint density at radius 1 is 1.29 bits per heavy atom. The first-order chi connectivity index (χ1) is 13.4. The van der Waals surface area contributed by atoms with Gasteiger partial charge < -0.3 is 10.2 Å². The Morgan fingerprint density at radius 2 is 2.07 bits per heavy atom. The highest BCUT2D eigenvalue weighted by atomic mass is 19.3. The van der Waals surface area contributed by atoms with Crippen LogP contribution in [-0.2, 0) is 13.0 Å². The van der Waals surface area contributed by atoms with E-state index < -0.39 is 5.92 Å². The van der Waals surface area contributed by atoms with Gasteiger partial charge in [-0.25, -0.2) is 23.1 Å². The number of urea groups is 1. The van der Waals surface area contributed by atoms with Crippen molar-refractivity contribution in [1.29, 1.82) is 0 Å². The molecule has 2 amide bonds. The molecule has 8 heteroatoms. The second-order valence-electron chi connectivity index (χ2n) is 8.32. The van der Waals surface area contributed by atoms with Gasteiger partial charge in [0.05, 0.1) is 18.1 Å². The molecule has 6 nitrogen and oxygen atoms in total. The summed E-state index contributed by atoms with van der Waals surface area (Å²) < 4.78 is 28.4. The van der Waals surface area contributed by atoms with Gasteiger partial charge in [-0.3, -0.25) is 0 Å². The van der Waals surface area contributed by atoms with Crippen LogP contribution in [-0.4, -0.2) is 44.0 Å². The molecule has 1 atom stereocenters. The van der Waals surface area contributed by atoms with Gasteiger partial charge >= 0.3 is 6.03 Å². The lowest BCUT2D eigenvalue weighted by molar-refractivity contribution is -0.0457. The molecule has 2 aliphatic rings. The van der Waals surface area contributed by atoms with Crippen LogP contribution in [0.25, 0.3) is 5.65 Å². The third-order valence-electron chi connectivity index (χ3n) is 5.86. The number of fused-ring (bicyclic) bond motifs is 1. The molecule has 0 spiro atoms. The van der Waals surface area contributed by atoms with E-state index in [0.717, 1.165) is 36.3 Å². The zero-order valence-electron chi connectivity index (χ0n) is 16.2. The Balaban J connectivity index is 1.42. The second-order valence-corrected chi connectivity index (χ2v) is 8.32. The van der Waals surface area contributed by atoms with Crippen LogP contribution in [0.15, 0.2) is 18.5 Å². The maximum absolute atomic E-state index is 13.3. The van der Waals surface area contributed by atoms with Crippen LogP contribution in [0.2, 0.25) is 0 Å². The number of alkyl halides is 2. The minimum absolute atomic E-state index is 0.0239. The molecule has 28 heavy (non-hydrogen) atoms. The predicted octanol–water partition coefficient (Wildman–Crippen LogP) is 3.79. The van der Waals surface area contributed by atoms with Crippen molar-refractivity contribution in [2.45, 2.75) is 70.4 Å². The molecule has 2 aromatic rings. The SMILES string of the molecule is C[C@H]1CCCN(Cc2cnn3cc(CC4CCC(F)(F)CC4)nc3c2)C(=O)N1. The number of hydrogen-bond acceptors (Lipinski definition) is 3. The fourth-order valence-electron chi connectivity index (χ4n) is 4.18. The summed E-state index contributed by atoms with van der Waals surface area (Å²) in [6.45, 7) is 3.25. The van der Waals surface area contributed by atoms with E-state index in [1.807, 2.05) is 24.1 Å². The number of rotatable bonds is 4. The van der Waals surface area contributed by atoms with Gasteiger partial charge in [0.15, 0.2) is 5.65 Å². The zero-order chi connectivity index (χ0) is 19.7. The molecule has 0 unspecified atom stereocenters. The lowest BCUT2D eigenvalue weighted by Gasteiger charge is -2.27. The summed E-state index contributed by atoms with van der Waals surface area (Å²) in [5.41, 5.74) is 2.56. The predicted molar refractivity (Wildman–Crippen MR) is 101 cm³/mol. The molecular formula is C20H27F2N5O. The Labute approximate surface area is 163 Å². The average Bonchev–Trinajstić information content (AvgIpc) is 2.96. The maximum atomic E-state index is 13.3. The molecule has 2 aromatic heterocycles. The van der Waals surface area contributed by atoms with Gasteiger partial charge in [-0.05, 0) is 56.6 Å². The van der Waals surface area contributed by atoms with Crippen LogP contribution in [0.4, 0.5) is 13.6 Å². The molecule has 152 valence electrons. The molecule has 0 bridgehead atoms. The van der Waals surface area contributed by atoms with Crippen LogP contribution in [0.5, 0.6) is 0 Å². The number of carbonyl (C=O) groups excluding carboxylic acids is 1. The van der Waals surface area contributed by atoms with E-state index >= 15 is 0 Å². The Kier molecular flexibility index (Phi) is 5.21. The Morgan fingerprint density at radius 3 is 2.86 bits per heavy atom. The summed E-state index contributed by atoms with van der Waals surface area (Å²) >= 11 is 0. The molecule has 0 aromatic carbocycles. The smallest absolute Gasteiger partial charge is 0.317 e. The summed E-state index contributed by atoms with van der Waals surface area (Å²) in [7, 11) is 0. The number of carbonyl (C=O) groups is 1. The van der Waals surface area contributed by atoms with Gasteiger partial charge in [-0.15, -0.1) is 0 Å². The summed E-state index contributed by atoms with van der Waals surface area (Å²) in [4.78, 5) is 18.7. The molecule has 1 N–H and O–H groups in total. The van der Waals surface area contributed by atoms with Crippen molar-refractivity contribution in [2.75, 3.05) is 6.54 Å². The van der Waals surface area contributed by atoms with Crippen LogP contribution < -0.4 is 5.32 Å². The topological polar surface area (TPSA) is 62.5 Å². The normalized spacial score (nSPS) is 23.6. The number of hydrogen-bond donors (Lipinski definition) is 1. The fourth-order valence-corrected chi connectivity index (χ4v) is 4.18. The van der Waals surface area contributed by atoms with Crippen molar-refractivity contribution in [3.05, 3.63) is 29.7 Å².